The van der Waals surface area contributed by atoms with Gasteiger partial charge in [0.2, 0.25) is 0 Å². The van der Waals surface area contributed by atoms with Gasteiger partial charge in [0.1, 0.15) is 6.04 Å². The van der Waals surface area contributed by atoms with Crippen molar-refractivity contribution in [3.8, 4) is 0 Å². The number of rotatable bonds is 2. The Labute approximate surface area is 106 Å². The monoisotopic (exact) mass is 254 g/mol. The van der Waals surface area contributed by atoms with Gasteiger partial charge in [0.15, 0.2) is 0 Å². The van der Waals surface area contributed by atoms with E-state index in [1.165, 1.54) is 7.11 Å². The molecule has 4 nitrogen and oxygen atoms in total. The number of hydrogen-bond acceptors (Lipinski definition) is 4. The molecule has 1 saturated heterocycles. The van der Waals surface area contributed by atoms with Gasteiger partial charge in [-0.2, -0.15) is 0 Å². The van der Waals surface area contributed by atoms with E-state index in [0.717, 1.165) is 31.5 Å². The summed E-state index contributed by atoms with van der Waals surface area (Å²) in [6.07, 6.45) is 6.19. The molecular formula is C12H15ClN2O2. The highest BCUT2D eigenvalue weighted by atomic mass is 35.5. The first-order valence-electron chi connectivity index (χ1n) is 5.68. The quantitative estimate of drug-likeness (QED) is 0.760. The molecule has 2 rings (SSSR count). The lowest BCUT2D eigenvalue weighted by Gasteiger charge is -2.35. The molecule has 0 N–H and O–H groups in total. The first kappa shape index (κ1) is 12.2. The van der Waals surface area contributed by atoms with Crippen molar-refractivity contribution in [2.45, 2.75) is 25.3 Å². The van der Waals surface area contributed by atoms with E-state index < -0.39 is 0 Å². The van der Waals surface area contributed by atoms with Crippen molar-refractivity contribution in [2.75, 3.05) is 18.6 Å². The van der Waals surface area contributed by atoms with Crippen LogP contribution in [0.5, 0.6) is 0 Å². The van der Waals surface area contributed by atoms with Gasteiger partial charge in [-0.05, 0) is 25.3 Å². The molecule has 1 aliphatic rings. The lowest BCUT2D eigenvalue weighted by molar-refractivity contribution is -0.142. The van der Waals surface area contributed by atoms with E-state index in [9.17, 15) is 4.79 Å². The molecule has 17 heavy (non-hydrogen) atoms. The predicted molar refractivity (Wildman–Crippen MR) is 66.2 cm³/mol. The van der Waals surface area contributed by atoms with Crippen molar-refractivity contribution in [1.82, 2.24) is 4.98 Å². The topological polar surface area (TPSA) is 42.4 Å². The largest absolute Gasteiger partial charge is 0.467 e. The minimum Gasteiger partial charge on any atom is -0.467 e. The second-order valence-electron chi connectivity index (χ2n) is 4.06. The SMILES string of the molecule is COC(=O)C1CCCCN1c1ccncc1Cl. The number of anilines is 1. The number of nitrogens with zero attached hydrogens (tertiary/aromatic N) is 2. The predicted octanol–water partition coefficient (Wildman–Crippen LogP) is 2.27. The lowest BCUT2D eigenvalue weighted by atomic mass is 10.0. The molecule has 1 atom stereocenters. The van der Waals surface area contributed by atoms with Crippen molar-refractivity contribution < 1.29 is 9.53 Å². The van der Waals surface area contributed by atoms with Gasteiger partial charge in [-0.25, -0.2) is 4.79 Å². The van der Waals surface area contributed by atoms with Crippen molar-refractivity contribution in [1.29, 1.82) is 0 Å². The number of carbonyl (C=O) groups is 1. The zero-order valence-electron chi connectivity index (χ0n) is 9.73. The Morgan fingerprint density at radius 1 is 1.59 bits per heavy atom. The highest BCUT2D eigenvalue weighted by Crippen LogP contribution is 2.30. The number of esters is 1. The number of carbonyl (C=O) groups excluding carboxylic acids is 1. The summed E-state index contributed by atoms with van der Waals surface area (Å²) in [5, 5.41) is 0.573. The molecule has 2 heterocycles. The number of aromatic nitrogens is 1. The number of piperidine rings is 1. The summed E-state index contributed by atoms with van der Waals surface area (Å²) in [4.78, 5) is 17.7. The second kappa shape index (κ2) is 5.36. The third kappa shape index (κ3) is 2.52. The minimum atomic E-state index is -0.228. The van der Waals surface area contributed by atoms with Crippen LogP contribution in [0.3, 0.4) is 0 Å². The molecule has 5 heteroatoms. The molecule has 0 amide bonds. The molecule has 92 valence electrons. The van der Waals surface area contributed by atoms with Gasteiger partial charge in [0.25, 0.3) is 0 Å². The van der Waals surface area contributed by atoms with E-state index in [2.05, 4.69) is 4.98 Å². The molecule has 1 aromatic heterocycles. The van der Waals surface area contributed by atoms with E-state index in [0.29, 0.717) is 5.02 Å². The molecule has 1 aromatic rings. The van der Waals surface area contributed by atoms with Crippen LogP contribution in [0, 0.1) is 0 Å². The standard InChI is InChI=1S/C12H15ClN2O2/c1-17-12(16)11-4-2-3-7-15(11)10-5-6-14-8-9(10)13/h5-6,8,11H,2-4,7H2,1H3. The molecule has 0 spiro atoms. The van der Waals surface area contributed by atoms with Gasteiger partial charge in [-0.15, -0.1) is 0 Å². The Morgan fingerprint density at radius 3 is 3.12 bits per heavy atom. The maximum atomic E-state index is 11.7. The zero-order chi connectivity index (χ0) is 12.3. The maximum Gasteiger partial charge on any atom is 0.328 e. The maximum absolute atomic E-state index is 11.7. The van der Waals surface area contributed by atoms with Crippen LogP contribution in [0.2, 0.25) is 5.02 Å². The molecule has 0 aromatic carbocycles. The average Bonchev–Trinajstić information content (AvgIpc) is 2.38. The van der Waals surface area contributed by atoms with E-state index in [-0.39, 0.29) is 12.0 Å². The summed E-state index contributed by atoms with van der Waals surface area (Å²) >= 11 is 6.11. The van der Waals surface area contributed by atoms with Crippen LogP contribution in [-0.2, 0) is 9.53 Å². The van der Waals surface area contributed by atoms with Crippen LogP contribution in [0.1, 0.15) is 19.3 Å². The van der Waals surface area contributed by atoms with Crippen molar-refractivity contribution in [3.63, 3.8) is 0 Å². The van der Waals surface area contributed by atoms with Crippen LogP contribution < -0.4 is 4.90 Å². The van der Waals surface area contributed by atoms with Gasteiger partial charge in [-0.1, -0.05) is 11.6 Å². The first-order chi connectivity index (χ1) is 8.24. The van der Waals surface area contributed by atoms with E-state index in [1.54, 1.807) is 12.4 Å². The molecule has 0 bridgehead atoms. The van der Waals surface area contributed by atoms with Crippen molar-refractivity contribution >= 4 is 23.3 Å². The van der Waals surface area contributed by atoms with Gasteiger partial charge in [-0.3, -0.25) is 4.98 Å². The molecular weight excluding hydrogens is 240 g/mol. The Hall–Kier alpha value is -1.29. The van der Waals surface area contributed by atoms with Crippen LogP contribution in [0.4, 0.5) is 5.69 Å². The van der Waals surface area contributed by atoms with E-state index in [4.69, 9.17) is 16.3 Å². The molecule has 0 radical (unpaired) electrons. The summed E-state index contributed by atoms with van der Waals surface area (Å²) < 4.78 is 4.84. The summed E-state index contributed by atoms with van der Waals surface area (Å²) in [6.45, 7) is 0.823. The van der Waals surface area contributed by atoms with Crippen LogP contribution in [0.25, 0.3) is 0 Å². The number of halogens is 1. The lowest BCUT2D eigenvalue weighted by Crippen LogP contribution is -2.45. The molecule has 0 saturated carbocycles. The number of hydrogen-bond donors (Lipinski definition) is 0. The first-order valence-corrected chi connectivity index (χ1v) is 6.06. The molecule has 1 fully saturated rings. The normalized spacial score (nSPS) is 20.1. The van der Waals surface area contributed by atoms with Crippen LogP contribution in [0.15, 0.2) is 18.5 Å². The van der Waals surface area contributed by atoms with Crippen molar-refractivity contribution in [2.24, 2.45) is 0 Å². The summed E-state index contributed by atoms with van der Waals surface area (Å²) in [7, 11) is 1.42. The van der Waals surface area contributed by atoms with Gasteiger partial charge in [0.05, 0.1) is 17.8 Å². The fraction of sp³-hybridized carbons (Fsp3) is 0.500. The fourth-order valence-electron chi connectivity index (χ4n) is 2.20. The Morgan fingerprint density at radius 2 is 2.41 bits per heavy atom. The zero-order valence-corrected chi connectivity index (χ0v) is 10.5. The average molecular weight is 255 g/mol. The molecule has 1 unspecified atom stereocenters. The third-order valence-corrected chi connectivity index (χ3v) is 3.33. The Balaban J connectivity index is 2.28. The van der Waals surface area contributed by atoms with E-state index in [1.807, 2.05) is 11.0 Å². The number of ether oxygens (including phenoxy) is 1. The van der Waals surface area contributed by atoms with E-state index >= 15 is 0 Å². The van der Waals surface area contributed by atoms with Gasteiger partial charge >= 0.3 is 5.97 Å². The van der Waals surface area contributed by atoms with Crippen LogP contribution in [-0.4, -0.2) is 30.6 Å². The van der Waals surface area contributed by atoms with Crippen LogP contribution >= 0.6 is 11.6 Å². The van der Waals surface area contributed by atoms with Gasteiger partial charge in [0, 0.05) is 18.9 Å². The van der Waals surface area contributed by atoms with Gasteiger partial charge < -0.3 is 9.64 Å². The number of pyridine rings is 1. The highest BCUT2D eigenvalue weighted by molar-refractivity contribution is 6.33. The Bertz CT molecular complexity index is 411. The smallest absolute Gasteiger partial charge is 0.328 e. The Kier molecular flexibility index (Phi) is 3.84. The minimum absolute atomic E-state index is 0.197. The summed E-state index contributed by atoms with van der Waals surface area (Å²) in [5.41, 5.74) is 0.858. The summed E-state index contributed by atoms with van der Waals surface area (Å²) in [6, 6.07) is 1.61. The van der Waals surface area contributed by atoms with Crippen molar-refractivity contribution in [3.05, 3.63) is 23.5 Å². The fourth-order valence-corrected chi connectivity index (χ4v) is 2.43. The number of methoxy groups -OCH3 is 1. The third-order valence-electron chi connectivity index (χ3n) is 3.04. The summed E-state index contributed by atoms with van der Waals surface area (Å²) in [5.74, 6) is -0.197. The highest BCUT2D eigenvalue weighted by Gasteiger charge is 2.30. The molecule has 1 aliphatic heterocycles. The second-order valence-corrected chi connectivity index (χ2v) is 4.46. The molecule has 0 aliphatic carbocycles.